The van der Waals surface area contributed by atoms with E-state index in [0.717, 1.165) is 23.5 Å². The first-order chi connectivity index (χ1) is 10.3. The Morgan fingerprint density at radius 3 is 2.90 bits per heavy atom. The van der Waals surface area contributed by atoms with Crippen molar-refractivity contribution in [2.75, 3.05) is 33.0 Å². The highest BCUT2D eigenvalue weighted by atomic mass is 16.5. The molecule has 2 N–H and O–H groups in total. The predicted octanol–water partition coefficient (Wildman–Crippen LogP) is 0.452. The van der Waals surface area contributed by atoms with E-state index < -0.39 is 0 Å². The Morgan fingerprint density at radius 2 is 2.10 bits per heavy atom. The maximum Gasteiger partial charge on any atom is 0.239 e. The molecule has 114 valence electrons. The normalized spacial score (nSPS) is 21.4. The second kappa shape index (κ2) is 6.78. The maximum atomic E-state index is 12.0. The molecule has 21 heavy (non-hydrogen) atoms. The zero-order valence-corrected chi connectivity index (χ0v) is 11.9. The molecule has 0 bridgehead atoms. The SMILES string of the molecule is O=C(NCc1ccc2c(c1)OCCCO2)C1COCCN1. The van der Waals surface area contributed by atoms with Gasteiger partial charge in [-0.15, -0.1) is 0 Å². The number of hydrogen-bond donors (Lipinski definition) is 2. The molecular formula is C15H20N2O4. The van der Waals surface area contributed by atoms with Crippen LogP contribution in [0, 0.1) is 0 Å². The summed E-state index contributed by atoms with van der Waals surface area (Å²) in [7, 11) is 0. The van der Waals surface area contributed by atoms with Crippen LogP contribution in [-0.4, -0.2) is 44.9 Å². The van der Waals surface area contributed by atoms with Crippen LogP contribution in [0.5, 0.6) is 11.5 Å². The lowest BCUT2D eigenvalue weighted by atomic mass is 10.2. The van der Waals surface area contributed by atoms with Gasteiger partial charge in [0.25, 0.3) is 0 Å². The number of fused-ring (bicyclic) bond motifs is 1. The Hall–Kier alpha value is -1.79. The highest BCUT2D eigenvalue weighted by Crippen LogP contribution is 2.30. The van der Waals surface area contributed by atoms with Crippen molar-refractivity contribution in [2.24, 2.45) is 0 Å². The third-order valence-corrected chi connectivity index (χ3v) is 3.52. The Kier molecular flexibility index (Phi) is 4.57. The minimum atomic E-state index is -0.265. The highest BCUT2D eigenvalue weighted by molar-refractivity contribution is 5.82. The van der Waals surface area contributed by atoms with Crippen molar-refractivity contribution in [3.63, 3.8) is 0 Å². The topological polar surface area (TPSA) is 68.8 Å². The molecule has 1 aromatic carbocycles. The average Bonchev–Trinajstić information content (AvgIpc) is 2.78. The molecule has 1 unspecified atom stereocenters. The number of carbonyl (C=O) groups is 1. The Morgan fingerprint density at radius 1 is 1.24 bits per heavy atom. The first-order valence-corrected chi connectivity index (χ1v) is 7.30. The number of hydrogen-bond acceptors (Lipinski definition) is 5. The third kappa shape index (κ3) is 3.65. The van der Waals surface area contributed by atoms with Crippen LogP contribution in [0.1, 0.15) is 12.0 Å². The molecule has 0 saturated carbocycles. The quantitative estimate of drug-likeness (QED) is 0.847. The Labute approximate surface area is 123 Å². The van der Waals surface area contributed by atoms with Crippen molar-refractivity contribution < 1.29 is 19.0 Å². The lowest BCUT2D eigenvalue weighted by Gasteiger charge is -2.23. The summed E-state index contributed by atoms with van der Waals surface area (Å²) in [4.78, 5) is 12.0. The van der Waals surface area contributed by atoms with Crippen LogP contribution in [0.2, 0.25) is 0 Å². The van der Waals surface area contributed by atoms with E-state index in [1.807, 2.05) is 18.2 Å². The van der Waals surface area contributed by atoms with Gasteiger partial charge in [-0.25, -0.2) is 0 Å². The van der Waals surface area contributed by atoms with Crippen LogP contribution >= 0.6 is 0 Å². The number of benzene rings is 1. The van der Waals surface area contributed by atoms with Crippen molar-refractivity contribution >= 4 is 5.91 Å². The largest absolute Gasteiger partial charge is 0.490 e. The standard InChI is InChI=1S/C15H20N2O4/c18-15(12-10-19-7-4-16-12)17-9-11-2-3-13-14(8-11)21-6-1-5-20-13/h2-3,8,12,16H,1,4-7,9-10H2,(H,17,18). The number of rotatable bonds is 3. The molecule has 6 nitrogen and oxygen atoms in total. The Bertz CT molecular complexity index is 500. The summed E-state index contributed by atoms with van der Waals surface area (Å²) in [6.07, 6.45) is 0.883. The van der Waals surface area contributed by atoms with Crippen LogP contribution in [0.25, 0.3) is 0 Å². The van der Waals surface area contributed by atoms with Gasteiger partial charge < -0.3 is 24.8 Å². The minimum Gasteiger partial charge on any atom is -0.490 e. The number of ether oxygens (including phenoxy) is 3. The first-order valence-electron chi connectivity index (χ1n) is 7.30. The van der Waals surface area contributed by atoms with Gasteiger partial charge in [0.15, 0.2) is 11.5 Å². The number of morpholine rings is 1. The summed E-state index contributed by atoms with van der Waals surface area (Å²) in [6, 6.07) is 5.49. The van der Waals surface area contributed by atoms with E-state index >= 15 is 0 Å². The molecule has 0 aliphatic carbocycles. The van der Waals surface area contributed by atoms with Crippen molar-refractivity contribution in [3.8, 4) is 11.5 Å². The molecule has 2 aliphatic rings. The van der Waals surface area contributed by atoms with E-state index in [9.17, 15) is 4.79 Å². The fourth-order valence-corrected chi connectivity index (χ4v) is 2.36. The van der Waals surface area contributed by atoms with E-state index in [1.54, 1.807) is 0 Å². The molecule has 1 fully saturated rings. The monoisotopic (exact) mass is 292 g/mol. The lowest BCUT2D eigenvalue weighted by molar-refractivity contribution is -0.126. The number of amides is 1. The molecule has 0 spiro atoms. The smallest absolute Gasteiger partial charge is 0.239 e. The zero-order valence-electron chi connectivity index (χ0n) is 11.9. The number of carbonyl (C=O) groups excluding carboxylic acids is 1. The fraction of sp³-hybridized carbons (Fsp3) is 0.533. The van der Waals surface area contributed by atoms with Gasteiger partial charge in [-0.05, 0) is 17.7 Å². The molecule has 2 heterocycles. The molecular weight excluding hydrogens is 272 g/mol. The van der Waals surface area contributed by atoms with Crippen LogP contribution in [0.4, 0.5) is 0 Å². The van der Waals surface area contributed by atoms with Crippen molar-refractivity contribution in [2.45, 2.75) is 19.0 Å². The van der Waals surface area contributed by atoms with Gasteiger partial charge in [0.05, 0.1) is 26.4 Å². The fourth-order valence-electron chi connectivity index (χ4n) is 2.36. The van der Waals surface area contributed by atoms with E-state index in [0.29, 0.717) is 39.5 Å². The Balaban J connectivity index is 1.57. The first kappa shape index (κ1) is 14.2. The summed E-state index contributed by atoms with van der Waals surface area (Å²) in [5, 5.41) is 6.04. The second-order valence-electron chi connectivity index (χ2n) is 5.13. The van der Waals surface area contributed by atoms with E-state index in [2.05, 4.69) is 10.6 Å². The third-order valence-electron chi connectivity index (χ3n) is 3.52. The van der Waals surface area contributed by atoms with Crippen molar-refractivity contribution in [1.29, 1.82) is 0 Å². The summed E-state index contributed by atoms with van der Waals surface area (Å²) in [5.41, 5.74) is 0.990. The zero-order chi connectivity index (χ0) is 14.5. The van der Waals surface area contributed by atoms with E-state index in [-0.39, 0.29) is 11.9 Å². The van der Waals surface area contributed by atoms with Gasteiger partial charge in [-0.3, -0.25) is 4.79 Å². The van der Waals surface area contributed by atoms with E-state index in [1.165, 1.54) is 0 Å². The molecule has 1 atom stereocenters. The molecule has 6 heteroatoms. The van der Waals surface area contributed by atoms with Gasteiger partial charge in [0.2, 0.25) is 5.91 Å². The molecule has 0 radical (unpaired) electrons. The van der Waals surface area contributed by atoms with Gasteiger partial charge in [0.1, 0.15) is 6.04 Å². The molecule has 2 aliphatic heterocycles. The summed E-state index contributed by atoms with van der Waals surface area (Å²) < 4.78 is 16.5. The van der Waals surface area contributed by atoms with Crippen LogP contribution < -0.4 is 20.1 Å². The number of nitrogens with one attached hydrogen (secondary N) is 2. The van der Waals surface area contributed by atoms with Crippen LogP contribution in [-0.2, 0) is 16.1 Å². The van der Waals surface area contributed by atoms with Crippen molar-refractivity contribution in [1.82, 2.24) is 10.6 Å². The van der Waals surface area contributed by atoms with Gasteiger partial charge in [-0.1, -0.05) is 6.07 Å². The molecule has 1 amide bonds. The second-order valence-corrected chi connectivity index (χ2v) is 5.13. The lowest BCUT2D eigenvalue weighted by Crippen LogP contribution is -2.51. The van der Waals surface area contributed by atoms with Crippen LogP contribution in [0.3, 0.4) is 0 Å². The summed E-state index contributed by atoms with van der Waals surface area (Å²) in [6.45, 7) is 3.59. The highest BCUT2D eigenvalue weighted by Gasteiger charge is 2.20. The average molecular weight is 292 g/mol. The van der Waals surface area contributed by atoms with Crippen LogP contribution in [0.15, 0.2) is 18.2 Å². The molecule has 1 saturated heterocycles. The van der Waals surface area contributed by atoms with Gasteiger partial charge in [0, 0.05) is 19.5 Å². The van der Waals surface area contributed by atoms with Gasteiger partial charge >= 0.3 is 0 Å². The maximum absolute atomic E-state index is 12.0. The summed E-state index contributed by atoms with van der Waals surface area (Å²) in [5.74, 6) is 1.48. The predicted molar refractivity (Wildman–Crippen MR) is 76.5 cm³/mol. The molecule has 0 aromatic heterocycles. The van der Waals surface area contributed by atoms with Gasteiger partial charge in [-0.2, -0.15) is 0 Å². The molecule has 1 aromatic rings. The minimum absolute atomic E-state index is 0.0400. The van der Waals surface area contributed by atoms with Crippen molar-refractivity contribution in [3.05, 3.63) is 23.8 Å². The van der Waals surface area contributed by atoms with E-state index in [4.69, 9.17) is 14.2 Å². The molecule has 3 rings (SSSR count). The summed E-state index contributed by atoms with van der Waals surface area (Å²) >= 11 is 0.